The predicted octanol–water partition coefficient (Wildman–Crippen LogP) is 3.93. The van der Waals surface area contributed by atoms with E-state index in [4.69, 9.17) is 9.47 Å². The number of methoxy groups -OCH3 is 1. The van der Waals surface area contributed by atoms with E-state index in [1.165, 1.54) is 12.3 Å². The maximum Gasteiger partial charge on any atom is 0.339 e. The third-order valence-electron chi connectivity index (χ3n) is 5.07. The molecule has 0 aliphatic carbocycles. The van der Waals surface area contributed by atoms with Crippen molar-refractivity contribution in [3.05, 3.63) is 76.9 Å². The molecular weight excluding hydrogens is 413 g/mol. The molecule has 0 amide bonds. The third kappa shape index (κ3) is 5.72. The molecule has 0 unspecified atom stereocenters. The maximum atomic E-state index is 13.7. The minimum atomic E-state index is -1.07. The van der Waals surface area contributed by atoms with Gasteiger partial charge in [-0.25, -0.2) is 19.2 Å². The van der Waals surface area contributed by atoms with Crippen molar-refractivity contribution in [1.29, 1.82) is 0 Å². The predicted molar refractivity (Wildman–Crippen MR) is 119 cm³/mol. The van der Waals surface area contributed by atoms with Gasteiger partial charge < -0.3 is 19.5 Å². The van der Waals surface area contributed by atoms with Crippen LogP contribution in [0.4, 0.5) is 10.3 Å². The molecule has 0 saturated carbocycles. The van der Waals surface area contributed by atoms with Crippen LogP contribution in [0.3, 0.4) is 0 Å². The summed E-state index contributed by atoms with van der Waals surface area (Å²) in [5.74, 6) is -0.148. The minimum Gasteiger partial charge on any atom is -0.496 e. The highest BCUT2D eigenvalue weighted by atomic mass is 19.1. The molecule has 0 atom stereocenters. The van der Waals surface area contributed by atoms with Gasteiger partial charge in [-0.15, -0.1) is 0 Å². The average Bonchev–Trinajstić information content (AvgIpc) is 2.79. The molecule has 0 spiro atoms. The van der Waals surface area contributed by atoms with E-state index in [0.717, 1.165) is 16.9 Å². The van der Waals surface area contributed by atoms with Crippen LogP contribution in [0.5, 0.6) is 11.5 Å². The van der Waals surface area contributed by atoms with Crippen LogP contribution in [0, 0.1) is 12.7 Å². The highest BCUT2D eigenvalue weighted by molar-refractivity contribution is 5.88. The number of anilines is 1. The smallest absolute Gasteiger partial charge is 0.339 e. The molecule has 32 heavy (non-hydrogen) atoms. The van der Waals surface area contributed by atoms with E-state index in [0.29, 0.717) is 31.0 Å². The zero-order chi connectivity index (χ0) is 23.1. The zero-order valence-electron chi connectivity index (χ0n) is 18.3. The van der Waals surface area contributed by atoms with Gasteiger partial charge in [0.25, 0.3) is 0 Å². The second-order valence-electron chi connectivity index (χ2n) is 7.34. The van der Waals surface area contributed by atoms with E-state index in [9.17, 15) is 14.3 Å². The Morgan fingerprint density at radius 1 is 1.16 bits per heavy atom. The summed E-state index contributed by atoms with van der Waals surface area (Å²) in [5, 5.41) is 9.54. The average molecular weight is 439 g/mol. The summed E-state index contributed by atoms with van der Waals surface area (Å²) in [7, 11) is 3.40. The number of rotatable bonds is 10. The number of halogens is 1. The van der Waals surface area contributed by atoms with Crippen molar-refractivity contribution in [1.82, 2.24) is 9.97 Å². The molecule has 0 fully saturated rings. The number of hydrogen-bond donors (Lipinski definition) is 1. The van der Waals surface area contributed by atoms with E-state index in [2.05, 4.69) is 9.97 Å². The van der Waals surface area contributed by atoms with Crippen molar-refractivity contribution >= 4 is 11.9 Å². The number of carboxylic acid groups (broad SMARTS) is 1. The molecule has 0 aliphatic heterocycles. The van der Waals surface area contributed by atoms with Crippen molar-refractivity contribution in [2.24, 2.45) is 0 Å². The lowest BCUT2D eigenvalue weighted by molar-refractivity contribution is 0.0694. The lowest BCUT2D eigenvalue weighted by atomic mass is 10.0. The number of aromatic carboxylic acids is 1. The zero-order valence-corrected chi connectivity index (χ0v) is 18.3. The molecule has 1 heterocycles. The van der Waals surface area contributed by atoms with Crippen molar-refractivity contribution in [3.63, 3.8) is 0 Å². The first-order chi connectivity index (χ1) is 15.4. The fourth-order valence-electron chi connectivity index (χ4n) is 3.20. The van der Waals surface area contributed by atoms with Gasteiger partial charge in [-0.1, -0.05) is 24.3 Å². The summed E-state index contributed by atoms with van der Waals surface area (Å²) in [6.45, 7) is 2.59. The summed E-state index contributed by atoms with van der Waals surface area (Å²) < 4.78 is 24.5. The van der Waals surface area contributed by atoms with Crippen LogP contribution in [0.15, 0.2) is 48.7 Å². The van der Waals surface area contributed by atoms with E-state index >= 15 is 0 Å². The lowest BCUT2D eigenvalue weighted by Crippen LogP contribution is -2.26. The number of nitrogens with zero attached hydrogens (tertiary/aromatic N) is 3. The number of benzene rings is 2. The summed E-state index contributed by atoms with van der Waals surface area (Å²) in [4.78, 5) is 22.1. The van der Waals surface area contributed by atoms with Gasteiger partial charge in [0.05, 0.1) is 24.9 Å². The van der Waals surface area contributed by atoms with Crippen LogP contribution in [0.1, 0.15) is 27.2 Å². The Labute approximate surface area is 186 Å². The topological polar surface area (TPSA) is 84.8 Å². The Hall–Kier alpha value is -3.68. The summed E-state index contributed by atoms with van der Waals surface area (Å²) in [6.07, 6.45) is 2.36. The molecule has 0 saturated heterocycles. The van der Waals surface area contributed by atoms with Crippen LogP contribution in [0.2, 0.25) is 0 Å². The van der Waals surface area contributed by atoms with Crippen molar-refractivity contribution in [3.8, 4) is 11.5 Å². The van der Waals surface area contributed by atoms with E-state index in [-0.39, 0.29) is 17.9 Å². The third-order valence-corrected chi connectivity index (χ3v) is 5.07. The van der Waals surface area contributed by atoms with Gasteiger partial charge in [-0.05, 0) is 49.1 Å². The molecule has 0 radical (unpaired) electrons. The number of carboxylic acids is 1. The summed E-state index contributed by atoms with van der Waals surface area (Å²) >= 11 is 0. The van der Waals surface area contributed by atoms with Crippen molar-refractivity contribution < 1.29 is 23.8 Å². The molecule has 1 N–H and O–H groups in total. The van der Waals surface area contributed by atoms with Crippen LogP contribution in [-0.4, -0.2) is 48.4 Å². The Balaban J connectivity index is 1.69. The molecule has 0 bridgehead atoms. The van der Waals surface area contributed by atoms with Crippen molar-refractivity contribution in [2.75, 3.05) is 32.2 Å². The monoisotopic (exact) mass is 439 g/mol. The van der Waals surface area contributed by atoms with Gasteiger partial charge in [0.1, 0.15) is 12.4 Å². The van der Waals surface area contributed by atoms with Gasteiger partial charge in [-0.3, -0.25) is 0 Å². The molecule has 0 aliphatic rings. The number of aromatic nitrogens is 2. The number of carbonyl (C=O) groups is 1. The number of ether oxygens (including phenoxy) is 2. The maximum absolute atomic E-state index is 13.7. The summed E-state index contributed by atoms with van der Waals surface area (Å²) in [6, 6.07) is 12.1. The fourth-order valence-corrected chi connectivity index (χ4v) is 3.20. The molecule has 1 aromatic heterocycles. The van der Waals surface area contributed by atoms with E-state index in [1.54, 1.807) is 37.3 Å². The quantitative estimate of drug-likeness (QED) is 0.512. The summed E-state index contributed by atoms with van der Waals surface area (Å²) in [5.41, 5.74) is 2.58. The molecule has 168 valence electrons. The highest BCUT2D eigenvalue weighted by Gasteiger charge is 2.16. The van der Waals surface area contributed by atoms with Crippen LogP contribution in [-0.2, 0) is 12.8 Å². The standard InChI is InChI=1S/C24H26FN3O4/c1-16-8-9-17(14-22(16)31-3)10-11-20-18(23(29)30)15-26-24(27-20)28(2)12-13-32-21-7-5-4-6-19(21)25/h4-9,14-15H,10-13H2,1-3H3,(H,29,30). The van der Waals surface area contributed by atoms with Gasteiger partial charge in [0.15, 0.2) is 11.6 Å². The van der Waals surface area contributed by atoms with E-state index < -0.39 is 11.8 Å². The van der Waals surface area contributed by atoms with Crippen molar-refractivity contribution in [2.45, 2.75) is 19.8 Å². The van der Waals surface area contributed by atoms with Gasteiger partial charge in [0, 0.05) is 13.2 Å². The Bertz CT molecular complexity index is 1090. The second-order valence-corrected chi connectivity index (χ2v) is 7.34. The highest BCUT2D eigenvalue weighted by Crippen LogP contribution is 2.21. The normalized spacial score (nSPS) is 10.6. The Morgan fingerprint density at radius 3 is 2.66 bits per heavy atom. The molecule has 2 aromatic carbocycles. The van der Waals surface area contributed by atoms with Crippen LogP contribution >= 0.6 is 0 Å². The molecule has 8 heteroatoms. The first kappa shape index (κ1) is 23.0. The number of likely N-dealkylation sites (N-methyl/N-ethyl adjacent to an activating group) is 1. The molecule has 3 aromatic rings. The van der Waals surface area contributed by atoms with E-state index in [1.807, 2.05) is 25.1 Å². The first-order valence-corrected chi connectivity index (χ1v) is 10.2. The second kappa shape index (κ2) is 10.6. The number of aryl methyl sites for hydroxylation is 3. The number of hydrogen-bond acceptors (Lipinski definition) is 6. The first-order valence-electron chi connectivity index (χ1n) is 10.2. The number of para-hydroxylation sites is 1. The molecule has 3 rings (SSSR count). The largest absolute Gasteiger partial charge is 0.496 e. The fraction of sp³-hybridized carbons (Fsp3) is 0.292. The van der Waals surface area contributed by atoms with Crippen LogP contribution < -0.4 is 14.4 Å². The van der Waals surface area contributed by atoms with Gasteiger partial charge in [0.2, 0.25) is 5.95 Å². The Morgan fingerprint density at radius 2 is 1.94 bits per heavy atom. The molecule has 7 nitrogen and oxygen atoms in total. The minimum absolute atomic E-state index is 0.0730. The van der Waals surface area contributed by atoms with Gasteiger partial charge in [-0.2, -0.15) is 0 Å². The van der Waals surface area contributed by atoms with Crippen LogP contribution in [0.25, 0.3) is 0 Å². The molecular formula is C24H26FN3O4. The lowest BCUT2D eigenvalue weighted by Gasteiger charge is -2.18. The van der Waals surface area contributed by atoms with Gasteiger partial charge >= 0.3 is 5.97 Å². The Kier molecular flexibility index (Phi) is 7.59. The SMILES string of the molecule is COc1cc(CCc2nc(N(C)CCOc3ccccc3F)ncc2C(=O)O)ccc1C.